The molecular weight excluding hydrogens is 218 g/mol. The first-order valence-electron chi connectivity index (χ1n) is 6.58. The van der Waals surface area contributed by atoms with Gasteiger partial charge in [-0.05, 0) is 32.1 Å². The lowest BCUT2D eigenvalue weighted by Crippen LogP contribution is -2.53. The maximum absolute atomic E-state index is 12.1. The molecule has 0 radical (unpaired) electrons. The quantitative estimate of drug-likeness (QED) is 0.753. The lowest BCUT2D eigenvalue weighted by molar-refractivity contribution is -0.157. The summed E-state index contributed by atoms with van der Waals surface area (Å²) < 4.78 is 0. The van der Waals surface area contributed by atoms with Crippen molar-refractivity contribution in [3.05, 3.63) is 0 Å². The Bertz CT molecular complexity index is 314. The van der Waals surface area contributed by atoms with Crippen LogP contribution in [0.3, 0.4) is 0 Å². The third-order valence-electron chi connectivity index (χ3n) is 4.43. The molecule has 0 aromatic heterocycles. The fourth-order valence-corrected chi connectivity index (χ4v) is 2.90. The zero-order chi connectivity index (χ0) is 12.6. The topological polar surface area (TPSA) is 57.6 Å². The standard InChI is InChI=1S/C13H21NO3/c1-3-13(17,4-2)8-14-11(15)9-5-6-10(7-9)12(14)16/h9-10,17H,3-8H2,1-2H3. The summed E-state index contributed by atoms with van der Waals surface area (Å²) in [6, 6.07) is 0. The normalized spacial score (nSPS) is 29.0. The van der Waals surface area contributed by atoms with E-state index in [1.165, 1.54) is 4.90 Å². The van der Waals surface area contributed by atoms with E-state index in [-0.39, 0.29) is 30.2 Å². The van der Waals surface area contributed by atoms with Gasteiger partial charge in [0, 0.05) is 11.8 Å². The van der Waals surface area contributed by atoms with Crippen LogP contribution in [-0.4, -0.2) is 34.0 Å². The Morgan fingerprint density at radius 3 is 2.06 bits per heavy atom. The number of likely N-dealkylation sites (tertiary alicyclic amines) is 1. The van der Waals surface area contributed by atoms with Crippen LogP contribution < -0.4 is 0 Å². The highest BCUT2D eigenvalue weighted by Gasteiger charge is 2.46. The van der Waals surface area contributed by atoms with Gasteiger partial charge >= 0.3 is 0 Å². The molecule has 2 fully saturated rings. The van der Waals surface area contributed by atoms with Gasteiger partial charge in [0.05, 0.1) is 12.1 Å². The second-order valence-corrected chi connectivity index (χ2v) is 5.40. The second-order valence-electron chi connectivity index (χ2n) is 5.40. The molecule has 2 amide bonds. The lowest BCUT2D eigenvalue weighted by Gasteiger charge is -2.36. The summed E-state index contributed by atoms with van der Waals surface area (Å²) in [7, 11) is 0. The van der Waals surface area contributed by atoms with E-state index in [1.54, 1.807) is 0 Å². The number of imide groups is 1. The second kappa shape index (κ2) is 4.41. The molecule has 1 saturated heterocycles. The Balaban J connectivity index is 2.15. The molecule has 1 heterocycles. The van der Waals surface area contributed by atoms with Gasteiger partial charge in [0.15, 0.2) is 0 Å². The van der Waals surface area contributed by atoms with Crippen LogP contribution >= 0.6 is 0 Å². The summed E-state index contributed by atoms with van der Waals surface area (Å²) in [5, 5.41) is 10.3. The van der Waals surface area contributed by atoms with Crippen molar-refractivity contribution < 1.29 is 14.7 Å². The van der Waals surface area contributed by atoms with Crippen LogP contribution in [0.1, 0.15) is 46.0 Å². The number of hydrogen-bond acceptors (Lipinski definition) is 3. The lowest BCUT2D eigenvalue weighted by atomic mass is 9.92. The predicted octanol–water partition coefficient (Wildman–Crippen LogP) is 1.32. The van der Waals surface area contributed by atoms with E-state index < -0.39 is 5.60 Å². The average Bonchev–Trinajstić information content (AvgIpc) is 2.79. The van der Waals surface area contributed by atoms with E-state index in [0.29, 0.717) is 12.8 Å². The number of carbonyl (C=O) groups is 2. The molecule has 2 rings (SSSR count). The third-order valence-corrected chi connectivity index (χ3v) is 4.43. The van der Waals surface area contributed by atoms with Gasteiger partial charge in [0.2, 0.25) is 11.8 Å². The Kier molecular flexibility index (Phi) is 3.25. The molecule has 0 spiro atoms. The number of rotatable bonds is 4. The van der Waals surface area contributed by atoms with Crippen molar-refractivity contribution in [3.63, 3.8) is 0 Å². The minimum absolute atomic E-state index is 0.0238. The van der Waals surface area contributed by atoms with Gasteiger partial charge in [-0.25, -0.2) is 0 Å². The van der Waals surface area contributed by atoms with Crippen LogP contribution in [0, 0.1) is 11.8 Å². The monoisotopic (exact) mass is 239 g/mol. The fraction of sp³-hybridized carbons (Fsp3) is 0.846. The summed E-state index contributed by atoms with van der Waals surface area (Å²) in [6.07, 6.45) is 3.53. The zero-order valence-electron chi connectivity index (χ0n) is 10.6. The number of piperidine rings is 1. The molecule has 2 atom stereocenters. The first-order chi connectivity index (χ1) is 8.00. The molecule has 1 aliphatic carbocycles. The number of hydrogen-bond donors (Lipinski definition) is 1. The van der Waals surface area contributed by atoms with Crippen LogP contribution in [0.5, 0.6) is 0 Å². The molecule has 1 saturated carbocycles. The minimum Gasteiger partial charge on any atom is -0.388 e. The van der Waals surface area contributed by atoms with E-state index in [0.717, 1.165) is 19.3 Å². The highest BCUT2D eigenvalue weighted by molar-refractivity contribution is 6.00. The van der Waals surface area contributed by atoms with E-state index >= 15 is 0 Å². The molecule has 96 valence electrons. The van der Waals surface area contributed by atoms with Crippen molar-refractivity contribution in [2.45, 2.75) is 51.6 Å². The molecule has 4 nitrogen and oxygen atoms in total. The Labute approximate surface area is 102 Å². The van der Waals surface area contributed by atoms with Crippen molar-refractivity contribution >= 4 is 11.8 Å². The molecule has 0 aromatic rings. The molecule has 17 heavy (non-hydrogen) atoms. The summed E-state index contributed by atoms with van der Waals surface area (Å²) in [5.41, 5.74) is -0.915. The molecular formula is C13H21NO3. The summed E-state index contributed by atoms with van der Waals surface area (Å²) >= 11 is 0. The van der Waals surface area contributed by atoms with Crippen LogP contribution in [0.15, 0.2) is 0 Å². The van der Waals surface area contributed by atoms with E-state index in [2.05, 4.69) is 0 Å². The van der Waals surface area contributed by atoms with Crippen molar-refractivity contribution in [3.8, 4) is 0 Å². The number of fused-ring (bicyclic) bond motifs is 2. The van der Waals surface area contributed by atoms with Crippen LogP contribution in [0.2, 0.25) is 0 Å². The Morgan fingerprint density at radius 1 is 1.18 bits per heavy atom. The van der Waals surface area contributed by atoms with Crippen LogP contribution in [0.25, 0.3) is 0 Å². The highest BCUT2D eigenvalue weighted by Crippen LogP contribution is 2.38. The smallest absolute Gasteiger partial charge is 0.232 e. The highest BCUT2D eigenvalue weighted by atomic mass is 16.3. The first-order valence-corrected chi connectivity index (χ1v) is 6.58. The van der Waals surface area contributed by atoms with E-state index in [9.17, 15) is 14.7 Å². The van der Waals surface area contributed by atoms with Crippen LogP contribution in [-0.2, 0) is 9.59 Å². The number of nitrogens with zero attached hydrogens (tertiary/aromatic N) is 1. The molecule has 1 N–H and O–H groups in total. The van der Waals surface area contributed by atoms with Gasteiger partial charge in [-0.1, -0.05) is 13.8 Å². The number of carbonyl (C=O) groups excluding carboxylic acids is 2. The average molecular weight is 239 g/mol. The Morgan fingerprint density at radius 2 is 1.65 bits per heavy atom. The summed E-state index contributed by atoms with van der Waals surface area (Å²) in [5.74, 6) is -0.0838. The van der Waals surface area contributed by atoms with Gasteiger partial charge in [0.1, 0.15) is 0 Å². The molecule has 1 aliphatic heterocycles. The number of β-amino-alcohol motifs (C(OH)–C–C–N with tert-alkyl or cyclic N) is 1. The summed E-state index contributed by atoms with van der Waals surface area (Å²) in [6.45, 7) is 3.94. The fourth-order valence-electron chi connectivity index (χ4n) is 2.90. The summed E-state index contributed by atoms with van der Waals surface area (Å²) in [4.78, 5) is 25.5. The number of amides is 2. The van der Waals surface area contributed by atoms with Crippen molar-refractivity contribution in [2.75, 3.05) is 6.54 Å². The van der Waals surface area contributed by atoms with Crippen LogP contribution in [0.4, 0.5) is 0 Å². The van der Waals surface area contributed by atoms with Gasteiger partial charge < -0.3 is 5.11 Å². The van der Waals surface area contributed by atoms with Gasteiger partial charge in [0.25, 0.3) is 0 Å². The van der Waals surface area contributed by atoms with E-state index in [1.807, 2.05) is 13.8 Å². The Hall–Kier alpha value is -0.900. The van der Waals surface area contributed by atoms with Gasteiger partial charge in [-0.2, -0.15) is 0 Å². The van der Waals surface area contributed by atoms with Gasteiger partial charge in [-0.3, -0.25) is 14.5 Å². The third kappa shape index (κ3) is 2.10. The molecule has 4 heteroatoms. The minimum atomic E-state index is -0.915. The molecule has 2 bridgehead atoms. The molecule has 0 aromatic carbocycles. The van der Waals surface area contributed by atoms with Crippen molar-refractivity contribution in [1.29, 1.82) is 0 Å². The maximum atomic E-state index is 12.1. The molecule has 2 unspecified atom stereocenters. The zero-order valence-corrected chi connectivity index (χ0v) is 10.6. The maximum Gasteiger partial charge on any atom is 0.232 e. The van der Waals surface area contributed by atoms with E-state index in [4.69, 9.17) is 0 Å². The van der Waals surface area contributed by atoms with Crippen molar-refractivity contribution in [2.24, 2.45) is 11.8 Å². The van der Waals surface area contributed by atoms with Gasteiger partial charge in [-0.15, -0.1) is 0 Å². The SMILES string of the molecule is CCC(O)(CC)CN1C(=O)C2CCC(C2)C1=O. The number of aliphatic hydroxyl groups is 1. The molecule has 2 aliphatic rings. The largest absolute Gasteiger partial charge is 0.388 e. The first kappa shape index (κ1) is 12.6. The predicted molar refractivity (Wildman–Crippen MR) is 63.1 cm³/mol. The van der Waals surface area contributed by atoms with Crippen molar-refractivity contribution in [1.82, 2.24) is 4.90 Å².